The SMILES string of the molecule is CCOC(=O)[C@H]1C[C@@H]1c1ccc(NCc2ccc(C(F)(F)F)c(Br)c2)cn1. The molecule has 0 spiro atoms. The molecule has 144 valence electrons. The van der Waals surface area contributed by atoms with Crippen molar-refractivity contribution in [3.63, 3.8) is 0 Å². The number of carbonyl (C=O) groups excluding carboxylic acids is 1. The standard InChI is InChI=1S/C19H18BrF3N2O2/c1-2-27-18(26)14-8-13(14)17-6-4-12(10-25-17)24-9-11-3-5-15(16(20)7-11)19(21,22)23/h3-7,10,13-14,24H,2,8-9H2,1H3/t13-,14-/m0/s1. The van der Waals surface area contributed by atoms with Gasteiger partial charge in [-0.2, -0.15) is 13.2 Å². The van der Waals surface area contributed by atoms with Gasteiger partial charge in [-0.05, 0) is 43.2 Å². The van der Waals surface area contributed by atoms with Crippen molar-refractivity contribution < 1.29 is 22.7 Å². The number of benzene rings is 1. The van der Waals surface area contributed by atoms with Crippen molar-refractivity contribution in [2.24, 2.45) is 5.92 Å². The van der Waals surface area contributed by atoms with Gasteiger partial charge in [0.05, 0.1) is 30.0 Å². The lowest BCUT2D eigenvalue weighted by atomic mass is 10.1. The number of hydrogen-bond donors (Lipinski definition) is 1. The van der Waals surface area contributed by atoms with Gasteiger partial charge in [0.25, 0.3) is 0 Å². The van der Waals surface area contributed by atoms with Gasteiger partial charge < -0.3 is 10.1 Å². The van der Waals surface area contributed by atoms with Crippen LogP contribution < -0.4 is 5.32 Å². The third kappa shape index (κ3) is 4.80. The number of alkyl halides is 3. The fourth-order valence-corrected chi connectivity index (χ4v) is 3.51. The maximum absolute atomic E-state index is 12.8. The number of halogens is 4. The second-order valence-electron chi connectivity index (χ2n) is 6.34. The van der Waals surface area contributed by atoms with Gasteiger partial charge in [-0.15, -0.1) is 0 Å². The van der Waals surface area contributed by atoms with Crippen molar-refractivity contribution in [1.82, 2.24) is 4.98 Å². The molecule has 1 saturated carbocycles. The van der Waals surface area contributed by atoms with E-state index in [9.17, 15) is 18.0 Å². The first-order valence-corrected chi connectivity index (χ1v) is 9.31. The van der Waals surface area contributed by atoms with E-state index in [1.807, 2.05) is 12.1 Å². The van der Waals surface area contributed by atoms with Crippen LogP contribution in [0.2, 0.25) is 0 Å². The maximum Gasteiger partial charge on any atom is 0.417 e. The Hall–Kier alpha value is -2.09. The van der Waals surface area contributed by atoms with Crippen LogP contribution in [-0.2, 0) is 22.3 Å². The van der Waals surface area contributed by atoms with E-state index < -0.39 is 11.7 Å². The van der Waals surface area contributed by atoms with Crippen molar-refractivity contribution in [2.75, 3.05) is 11.9 Å². The average molecular weight is 443 g/mol. The minimum atomic E-state index is -4.38. The third-order valence-electron chi connectivity index (χ3n) is 4.38. The second kappa shape index (κ2) is 7.88. The average Bonchev–Trinajstić information content (AvgIpc) is 3.40. The highest BCUT2D eigenvalue weighted by molar-refractivity contribution is 9.10. The molecule has 27 heavy (non-hydrogen) atoms. The molecule has 3 rings (SSSR count). The summed E-state index contributed by atoms with van der Waals surface area (Å²) in [6, 6.07) is 7.66. The van der Waals surface area contributed by atoms with Gasteiger partial charge >= 0.3 is 12.1 Å². The van der Waals surface area contributed by atoms with E-state index in [4.69, 9.17) is 4.74 Å². The van der Waals surface area contributed by atoms with Gasteiger partial charge in [0.2, 0.25) is 0 Å². The van der Waals surface area contributed by atoms with E-state index in [0.29, 0.717) is 18.7 Å². The minimum absolute atomic E-state index is 0.0153. The van der Waals surface area contributed by atoms with Gasteiger partial charge in [0.15, 0.2) is 0 Å². The summed E-state index contributed by atoms with van der Waals surface area (Å²) in [5.41, 5.74) is 1.61. The topological polar surface area (TPSA) is 51.2 Å². The number of anilines is 1. The normalized spacial score (nSPS) is 18.9. The van der Waals surface area contributed by atoms with Crippen LogP contribution in [0.4, 0.5) is 18.9 Å². The molecule has 1 aromatic carbocycles. The Morgan fingerprint density at radius 3 is 2.70 bits per heavy atom. The first kappa shape index (κ1) is 19.7. The third-order valence-corrected chi connectivity index (χ3v) is 5.04. The van der Waals surface area contributed by atoms with Gasteiger partial charge in [0.1, 0.15) is 0 Å². The Morgan fingerprint density at radius 2 is 2.11 bits per heavy atom. The Bertz CT molecular complexity index is 825. The Morgan fingerprint density at radius 1 is 1.33 bits per heavy atom. The molecule has 1 heterocycles. The molecule has 1 aromatic heterocycles. The van der Waals surface area contributed by atoms with Crippen LogP contribution in [0.15, 0.2) is 41.0 Å². The fraction of sp³-hybridized carbons (Fsp3) is 0.368. The van der Waals surface area contributed by atoms with Gasteiger partial charge in [0, 0.05) is 22.6 Å². The van der Waals surface area contributed by atoms with E-state index in [0.717, 1.165) is 23.9 Å². The number of carbonyl (C=O) groups is 1. The highest BCUT2D eigenvalue weighted by Gasteiger charge is 2.46. The summed E-state index contributed by atoms with van der Waals surface area (Å²) in [4.78, 5) is 16.1. The first-order valence-electron chi connectivity index (χ1n) is 8.51. The molecular weight excluding hydrogens is 425 g/mol. The molecule has 0 saturated heterocycles. The van der Waals surface area contributed by atoms with E-state index >= 15 is 0 Å². The summed E-state index contributed by atoms with van der Waals surface area (Å²) in [6.45, 7) is 2.52. The Labute approximate surface area is 163 Å². The van der Waals surface area contributed by atoms with Crippen molar-refractivity contribution in [3.8, 4) is 0 Å². The van der Waals surface area contributed by atoms with Crippen molar-refractivity contribution >= 4 is 27.6 Å². The summed E-state index contributed by atoms with van der Waals surface area (Å²) in [5, 5.41) is 3.13. The fourth-order valence-electron chi connectivity index (χ4n) is 2.86. The number of nitrogens with one attached hydrogen (secondary N) is 1. The quantitative estimate of drug-likeness (QED) is 0.629. The lowest BCUT2D eigenvalue weighted by Crippen LogP contribution is -2.08. The largest absolute Gasteiger partial charge is 0.466 e. The zero-order valence-corrected chi connectivity index (χ0v) is 16.1. The van der Waals surface area contributed by atoms with Gasteiger partial charge in [-0.25, -0.2) is 0 Å². The van der Waals surface area contributed by atoms with E-state index in [1.54, 1.807) is 13.1 Å². The smallest absolute Gasteiger partial charge is 0.417 e. The molecule has 1 N–H and O–H groups in total. The van der Waals surface area contributed by atoms with Crippen molar-refractivity contribution in [1.29, 1.82) is 0 Å². The molecule has 0 radical (unpaired) electrons. The Kier molecular flexibility index (Phi) is 5.74. The van der Waals surface area contributed by atoms with Crippen LogP contribution >= 0.6 is 15.9 Å². The summed E-state index contributed by atoms with van der Waals surface area (Å²) in [6.07, 6.45) is -1.97. The van der Waals surface area contributed by atoms with E-state index in [-0.39, 0.29) is 22.3 Å². The predicted octanol–water partition coefficient (Wildman–Crippen LogP) is 5.14. The number of pyridine rings is 1. The molecule has 2 aromatic rings. The zero-order chi connectivity index (χ0) is 19.6. The summed E-state index contributed by atoms with van der Waals surface area (Å²) in [7, 11) is 0. The number of ether oxygens (including phenoxy) is 1. The number of rotatable bonds is 6. The molecular formula is C19H18BrF3N2O2. The number of hydrogen-bond acceptors (Lipinski definition) is 4. The van der Waals surface area contributed by atoms with Crippen LogP contribution in [0.5, 0.6) is 0 Å². The predicted molar refractivity (Wildman–Crippen MR) is 98.2 cm³/mol. The summed E-state index contributed by atoms with van der Waals surface area (Å²) in [5.74, 6) is -0.191. The first-order chi connectivity index (χ1) is 12.8. The number of aromatic nitrogens is 1. The van der Waals surface area contributed by atoms with Crippen molar-refractivity contribution in [2.45, 2.75) is 32.0 Å². The molecule has 0 bridgehead atoms. The molecule has 4 nitrogen and oxygen atoms in total. The van der Waals surface area contributed by atoms with Crippen LogP contribution in [0, 0.1) is 5.92 Å². The minimum Gasteiger partial charge on any atom is -0.466 e. The van der Waals surface area contributed by atoms with Crippen LogP contribution in [0.25, 0.3) is 0 Å². The molecule has 1 fully saturated rings. The number of esters is 1. The summed E-state index contributed by atoms with van der Waals surface area (Å²) < 4.78 is 43.4. The van der Waals surface area contributed by atoms with E-state index in [1.165, 1.54) is 12.1 Å². The molecule has 0 aliphatic heterocycles. The van der Waals surface area contributed by atoms with Gasteiger partial charge in [-0.1, -0.05) is 22.0 Å². The number of nitrogens with zero attached hydrogens (tertiary/aromatic N) is 1. The molecule has 1 aliphatic carbocycles. The van der Waals surface area contributed by atoms with Crippen LogP contribution in [0.1, 0.15) is 36.1 Å². The molecule has 1 aliphatic rings. The van der Waals surface area contributed by atoms with Crippen LogP contribution in [-0.4, -0.2) is 17.6 Å². The Balaban J connectivity index is 1.57. The van der Waals surface area contributed by atoms with E-state index in [2.05, 4.69) is 26.2 Å². The van der Waals surface area contributed by atoms with Gasteiger partial charge in [-0.3, -0.25) is 9.78 Å². The van der Waals surface area contributed by atoms with Crippen molar-refractivity contribution in [3.05, 3.63) is 57.8 Å². The summed E-state index contributed by atoms with van der Waals surface area (Å²) >= 11 is 2.97. The molecule has 0 amide bonds. The highest BCUT2D eigenvalue weighted by Crippen LogP contribution is 2.47. The highest BCUT2D eigenvalue weighted by atomic mass is 79.9. The zero-order valence-electron chi connectivity index (χ0n) is 14.5. The molecule has 2 atom stereocenters. The molecule has 8 heteroatoms. The lowest BCUT2D eigenvalue weighted by molar-refractivity contribution is -0.144. The lowest BCUT2D eigenvalue weighted by Gasteiger charge is -2.12. The van der Waals surface area contributed by atoms with Crippen LogP contribution in [0.3, 0.4) is 0 Å². The second-order valence-corrected chi connectivity index (χ2v) is 7.19. The molecule has 0 unspecified atom stereocenters. The monoisotopic (exact) mass is 442 g/mol. The maximum atomic E-state index is 12.8.